The monoisotopic (exact) mass is 320 g/mol. The number of ether oxygens (including phenoxy) is 1. The lowest BCUT2D eigenvalue weighted by atomic mass is 10.1. The Labute approximate surface area is 142 Å². The Bertz CT molecular complexity index is 743. The predicted octanol–water partition coefficient (Wildman–Crippen LogP) is 2.95. The van der Waals surface area contributed by atoms with E-state index in [1.807, 2.05) is 42.5 Å². The minimum absolute atomic E-state index is 0.157. The van der Waals surface area contributed by atoms with Gasteiger partial charge in [0, 0.05) is 0 Å². The van der Waals surface area contributed by atoms with Crippen molar-refractivity contribution in [3.8, 4) is 18.1 Å². The highest BCUT2D eigenvalue weighted by molar-refractivity contribution is 5.83. The van der Waals surface area contributed by atoms with Crippen molar-refractivity contribution < 1.29 is 9.53 Å². The van der Waals surface area contributed by atoms with Gasteiger partial charge in [0.05, 0.1) is 12.6 Å². The van der Waals surface area contributed by atoms with Gasteiger partial charge >= 0.3 is 0 Å². The quantitative estimate of drug-likeness (QED) is 0.484. The van der Waals surface area contributed by atoms with E-state index in [2.05, 4.69) is 23.4 Å². The normalized spacial score (nSPS) is 10.3. The van der Waals surface area contributed by atoms with E-state index in [0.29, 0.717) is 12.2 Å². The highest BCUT2D eigenvalue weighted by Gasteiger charge is 2.02. The Morgan fingerprint density at radius 3 is 2.71 bits per heavy atom. The number of carbonyl (C=O) groups is 1. The lowest BCUT2D eigenvalue weighted by Gasteiger charge is -2.03. The summed E-state index contributed by atoms with van der Waals surface area (Å²) in [4.78, 5) is 11.9. The van der Waals surface area contributed by atoms with E-state index in [-0.39, 0.29) is 12.5 Å². The van der Waals surface area contributed by atoms with Crippen molar-refractivity contribution in [1.29, 1.82) is 0 Å². The van der Waals surface area contributed by atoms with Gasteiger partial charge in [-0.1, -0.05) is 49.2 Å². The fourth-order valence-corrected chi connectivity index (χ4v) is 2.11. The average Bonchev–Trinajstić information content (AvgIpc) is 2.61. The number of rotatable bonds is 7. The second-order valence-corrected chi connectivity index (χ2v) is 5.21. The second-order valence-electron chi connectivity index (χ2n) is 5.21. The molecule has 0 aliphatic carbocycles. The Morgan fingerprint density at radius 1 is 1.25 bits per heavy atom. The molecule has 0 fully saturated rings. The Morgan fingerprint density at radius 2 is 2.00 bits per heavy atom. The van der Waals surface area contributed by atoms with Crippen molar-refractivity contribution in [1.82, 2.24) is 5.43 Å². The molecule has 4 nitrogen and oxygen atoms in total. The zero-order valence-electron chi connectivity index (χ0n) is 13.7. The van der Waals surface area contributed by atoms with Crippen molar-refractivity contribution in [2.45, 2.75) is 19.8 Å². The molecule has 0 spiro atoms. The lowest BCUT2D eigenvalue weighted by Crippen LogP contribution is -2.19. The molecule has 0 bridgehead atoms. The third-order valence-electron chi connectivity index (χ3n) is 3.38. The average molecular weight is 320 g/mol. The van der Waals surface area contributed by atoms with E-state index in [1.54, 1.807) is 12.3 Å². The van der Waals surface area contributed by atoms with Crippen molar-refractivity contribution in [2.75, 3.05) is 6.61 Å². The molecule has 4 heteroatoms. The molecule has 2 aromatic rings. The molecule has 0 saturated carbocycles. The van der Waals surface area contributed by atoms with E-state index in [9.17, 15) is 4.79 Å². The molecule has 0 aromatic heterocycles. The number of hydrazone groups is 1. The highest BCUT2D eigenvalue weighted by atomic mass is 16.5. The van der Waals surface area contributed by atoms with E-state index >= 15 is 0 Å². The maximum atomic E-state index is 11.9. The van der Waals surface area contributed by atoms with Crippen LogP contribution in [0.2, 0.25) is 0 Å². The van der Waals surface area contributed by atoms with Gasteiger partial charge < -0.3 is 4.74 Å². The number of benzene rings is 2. The van der Waals surface area contributed by atoms with Crippen LogP contribution in [0.3, 0.4) is 0 Å². The van der Waals surface area contributed by atoms with Gasteiger partial charge in [0.2, 0.25) is 5.91 Å². The summed E-state index contributed by atoms with van der Waals surface area (Å²) in [7, 11) is 0. The number of aryl methyl sites for hydroxylation is 1. The van der Waals surface area contributed by atoms with Crippen molar-refractivity contribution in [3.63, 3.8) is 0 Å². The molecule has 2 rings (SSSR count). The van der Waals surface area contributed by atoms with Crippen LogP contribution < -0.4 is 10.2 Å². The first-order valence-electron chi connectivity index (χ1n) is 7.77. The number of terminal acetylenes is 1. The maximum Gasteiger partial charge on any atom is 0.244 e. The van der Waals surface area contributed by atoms with Gasteiger partial charge in [-0.15, -0.1) is 6.42 Å². The third-order valence-corrected chi connectivity index (χ3v) is 3.38. The summed E-state index contributed by atoms with van der Waals surface area (Å²) < 4.78 is 5.34. The van der Waals surface area contributed by atoms with Gasteiger partial charge in [-0.2, -0.15) is 5.10 Å². The molecule has 2 aromatic carbocycles. The fourth-order valence-electron chi connectivity index (χ4n) is 2.11. The summed E-state index contributed by atoms with van der Waals surface area (Å²) in [6, 6.07) is 15.3. The first kappa shape index (κ1) is 17.3. The van der Waals surface area contributed by atoms with Crippen molar-refractivity contribution in [2.24, 2.45) is 5.10 Å². The van der Waals surface area contributed by atoms with E-state index in [1.165, 1.54) is 5.56 Å². The first-order valence-corrected chi connectivity index (χ1v) is 7.77. The summed E-state index contributed by atoms with van der Waals surface area (Å²) in [5, 5.41) is 3.97. The van der Waals surface area contributed by atoms with Gasteiger partial charge in [-0.3, -0.25) is 4.79 Å². The second kappa shape index (κ2) is 9.16. The molecule has 122 valence electrons. The van der Waals surface area contributed by atoms with Crippen LogP contribution in [0.1, 0.15) is 23.6 Å². The Kier molecular flexibility index (Phi) is 6.60. The molecule has 0 radical (unpaired) electrons. The summed E-state index contributed by atoms with van der Waals surface area (Å²) >= 11 is 0. The Hall–Kier alpha value is -3.06. The molecular formula is C20H20N2O2. The van der Waals surface area contributed by atoms with E-state index in [4.69, 9.17) is 11.2 Å². The van der Waals surface area contributed by atoms with Gasteiger partial charge in [0.15, 0.2) is 0 Å². The van der Waals surface area contributed by atoms with Crippen LogP contribution >= 0.6 is 0 Å². The molecule has 0 saturated heterocycles. The van der Waals surface area contributed by atoms with Gasteiger partial charge in [-0.25, -0.2) is 5.43 Å². The molecule has 1 amide bonds. The molecular weight excluding hydrogens is 300 g/mol. The minimum atomic E-state index is -0.157. The largest absolute Gasteiger partial charge is 0.481 e. The molecule has 1 N–H and O–H groups in total. The van der Waals surface area contributed by atoms with Crippen LogP contribution in [0.5, 0.6) is 5.75 Å². The van der Waals surface area contributed by atoms with Gasteiger partial charge in [-0.05, 0) is 35.2 Å². The topological polar surface area (TPSA) is 50.7 Å². The summed E-state index contributed by atoms with van der Waals surface area (Å²) in [6.45, 7) is 2.32. The highest BCUT2D eigenvalue weighted by Crippen LogP contribution is 2.11. The number of carbonyl (C=O) groups excluding carboxylic acids is 1. The van der Waals surface area contributed by atoms with Crippen LogP contribution in [-0.4, -0.2) is 18.7 Å². The van der Waals surface area contributed by atoms with Crippen LogP contribution in [0.25, 0.3) is 0 Å². The van der Waals surface area contributed by atoms with Crippen LogP contribution in [0, 0.1) is 12.3 Å². The van der Waals surface area contributed by atoms with E-state index in [0.717, 1.165) is 17.5 Å². The smallest absolute Gasteiger partial charge is 0.244 e. The minimum Gasteiger partial charge on any atom is -0.481 e. The molecule has 0 aliphatic heterocycles. The number of nitrogens with one attached hydrogen (secondary N) is 1. The standard InChI is InChI=1S/C20H20N2O2/c1-3-12-24-19-7-5-6-18(13-19)15-21-22-20(23)14-17-10-8-16(4-2)9-11-17/h1,5-11,13,15H,4,12,14H2,2H3,(H,22,23)/b21-15+. The Balaban J connectivity index is 1.86. The number of hydrogen-bond acceptors (Lipinski definition) is 3. The van der Waals surface area contributed by atoms with Crippen molar-refractivity contribution >= 4 is 12.1 Å². The SMILES string of the molecule is C#CCOc1cccc(/C=N/NC(=O)Cc2ccc(CC)cc2)c1. The zero-order valence-corrected chi connectivity index (χ0v) is 13.7. The summed E-state index contributed by atoms with van der Waals surface area (Å²) in [5.41, 5.74) is 5.56. The summed E-state index contributed by atoms with van der Waals surface area (Å²) in [6.07, 6.45) is 8.01. The molecule has 0 heterocycles. The third kappa shape index (κ3) is 5.62. The van der Waals surface area contributed by atoms with E-state index < -0.39 is 0 Å². The summed E-state index contributed by atoms with van der Waals surface area (Å²) in [5.74, 6) is 2.92. The molecule has 0 aliphatic rings. The van der Waals surface area contributed by atoms with Crippen LogP contribution in [-0.2, 0) is 17.6 Å². The van der Waals surface area contributed by atoms with Gasteiger partial charge in [0.1, 0.15) is 12.4 Å². The van der Waals surface area contributed by atoms with Crippen molar-refractivity contribution in [3.05, 3.63) is 65.2 Å². The van der Waals surface area contributed by atoms with Crippen LogP contribution in [0.15, 0.2) is 53.6 Å². The van der Waals surface area contributed by atoms with Crippen LogP contribution in [0.4, 0.5) is 0 Å². The van der Waals surface area contributed by atoms with Gasteiger partial charge in [0.25, 0.3) is 0 Å². The first-order chi connectivity index (χ1) is 11.7. The maximum absolute atomic E-state index is 11.9. The number of hydrogen-bond donors (Lipinski definition) is 1. The fraction of sp³-hybridized carbons (Fsp3) is 0.200. The lowest BCUT2D eigenvalue weighted by molar-refractivity contribution is -0.120. The molecule has 24 heavy (non-hydrogen) atoms. The zero-order chi connectivity index (χ0) is 17.2. The molecule has 0 atom stereocenters. The molecule has 0 unspecified atom stereocenters. The number of nitrogens with zero attached hydrogens (tertiary/aromatic N) is 1. The predicted molar refractivity (Wildman–Crippen MR) is 96.0 cm³/mol. The number of amides is 1.